The molecule has 1 aromatic carbocycles. The van der Waals surface area contributed by atoms with Gasteiger partial charge in [-0.2, -0.15) is 0 Å². The first-order valence-electron chi connectivity index (χ1n) is 10.5. The summed E-state index contributed by atoms with van der Waals surface area (Å²) in [6, 6.07) is 8.25. The molecule has 0 amide bonds. The smallest absolute Gasteiger partial charge is 0.193 e. The standard InChI is InChI=1S/C21H35N5O2.HI/c1-22-21(23-9-5-6-10-24-15-17-28-18-16-24)26-13-11-25(12-14-26)19-7-3-4-8-20(19)27-2;/h3-4,7-8H,5-6,9-18H2,1-2H3,(H,22,23);1H. The molecule has 0 aliphatic carbocycles. The lowest BCUT2D eigenvalue weighted by Crippen LogP contribution is -2.52. The molecule has 0 unspecified atom stereocenters. The van der Waals surface area contributed by atoms with Crippen molar-refractivity contribution in [3.8, 4) is 5.75 Å². The average Bonchev–Trinajstić information content (AvgIpc) is 2.77. The molecule has 2 aliphatic rings. The van der Waals surface area contributed by atoms with E-state index >= 15 is 0 Å². The van der Waals surface area contributed by atoms with Gasteiger partial charge >= 0.3 is 0 Å². The van der Waals surface area contributed by atoms with Gasteiger partial charge in [-0.05, 0) is 31.5 Å². The van der Waals surface area contributed by atoms with Gasteiger partial charge in [-0.1, -0.05) is 12.1 Å². The minimum Gasteiger partial charge on any atom is -0.495 e. The van der Waals surface area contributed by atoms with Crippen LogP contribution < -0.4 is 15.0 Å². The Morgan fingerprint density at radius 2 is 1.79 bits per heavy atom. The van der Waals surface area contributed by atoms with Crippen LogP contribution in [0.15, 0.2) is 29.3 Å². The van der Waals surface area contributed by atoms with E-state index in [0.717, 1.165) is 77.2 Å². The van der Waals surface area contributed by atoms with Crippen molar-refractivity contribution in [2.24, 2.45) is 4.99 Å². The maximum atomic E-state index is 5.51. The molecule has 1 aromatic rings. The van der Waals surface area contributed by atoms with Gasteiger partial charge in [0.1, 0.15) is 5.75 Å². The van der Waals surface area contributed by atoms with Gasteiger partial charge in [0.05, 0.1) is 26.0 Å². The number of rotatable bonds is 7. The van der Waals surface area contributed by atoms with Gasteiger partial charge in [0.25, 0.3) is 0 Å². The SMILES string of the molecule is CN=C(NCCCCN1CCOCC1)N1CCN(c2ccccc2OC)CC1.I. The first-order valence-corrected chi connectivity index (χ1v) is 10.5. The van der Waals surface area contributed by atoms with Crippen LogP contribution in [0, 0.1) is 0 Å². The predicted octanol–water partition coefficient (Wildman–Crippen LogP) is 2.12. The quantitative estimate of drug-likeness (QED) is 0.259. The number of nitrogens with zero attached hydrogens (tertiary/aromatic N) is 4. The summed E-state index contributed by atoms with van der Waals surface area (Å²) in [7, 11) is 3.61. The number of piperazine rings is 1. The van der Waals surface area contributed by atoms with Crippen molar-refractivity contribution in [2.75, 3.05) is 84.6 Å². The highest BCUT2D eigenvalue weighted by molar-refractivity contribution is 14.0. The summed E-state index contributed by atoms with van der Waals surface area (Å²) in [5.74, 6) is 1.96. The fraction of sp³-hybridized carbons (Fsp3) is 0.667. The van der Waals surface area contributed by atoms with Gasteiger partial charge < -0.3 is 24.6 Å². The van der Waals surface area contributed by atoms with Gasteiger partial charge in [-0.25, -0.2) is 0 Å². The largest absolute Gasteiger partial charge is 0.495 e. The van der Waals surface area contributed by atoms with Crippen molar-refractivity contribution < 1.29 is 9.47 Å². The van der Waals surface area contributed by atoms with Crippen LogP contribution in [0.1, 0.15) is 12.8 Å². The minimum atomic E-state index is 0. The van der Waals surface area contributed by atoms with Gasteiger partial charge in [0.2, 0.25) is 0 Å². The highest BCUT2D eigenvalue weighted by Gasteiger charge is 2.21. The van der Waals surface area contributed by atoms with E-state index in [1.807, 2.05) is 19.2 Å². The Bertz CT molecular complexity index is 617. The van der Waals surface area contributed by atoms with Crippen molar-refractivity contribution in [1.29, 1.82) is 0 Å². The Balaban J connectivity index is 0.00000300. The fourth-order valence-corrected chi connectivity index (χ4v) is 3.87. The van der Waals surface area contributed by atoms with Crippen LogP contribution in [0.5, 0.6) is 5.75 Å². The molecule has 164 valence electrons. The van der Waals surface area contributed by atoms with E-state index < -0.39 is 0 Å². The molecule has 1 N–H and O–H groups in total. The Morgan fingerprint density at radius 1 is 1.07 bits per heavy atom. The van der Waals surface area contributed by atoms with E-state index in [2.05, 4.69) is 37.1 Å². The lowest BCUT2D eigenvalue weighted by atomic mass is 10.2. The lowest BCUT2D eigenvalue weighted by molar-refractivity contribution is 0.0372. The third-order valence-electron chi connectivity index (χ3n) is 5.50. The molecule has 0 spiro atoms. The molecule has 2 fully saturated rings. The molecule has 29 heavy (non-hydrogen) atoms. The molecule has 0 atom stereocenters. The topological polar surface area (TPSA) is 52.6 Å². The number of ether oxygens (including phenoxy) is 2. The third-order valence-corrected chi connectivity index (χ3v) is 5.50. The van der Waals surface area contributed by atoms with Gasteiger partial charge in [0, 0.05) is 52.9 Å². The maximum Gasteiger partial charge on any atom is 0.193 e. The van der Waals surface area contributed by atoms with E-state index in [0.29, 0.717) is 0 Å². The molecular formula is C21H36IN5O2. The lowest BCUT2D eigenvalue weighted by Gasteiger charge is -2.38. The van der Waals surface area contributed by atoms with E-state index in [1.54, 1.807) is 7.11 Å². The molecule has 8 heteroatoms. The second-order valence-corrected chi connectivity index (χ2v) is 7.28. The molecule has 2 aliphatic heterocycles. The van der Waals surface area contributed by atoms with E-state index in [9.17, 15) is 0 Å². The zero-order valence-electron chi connectivity index (χ0n) is 17.8. The molecule has 0 aromatic heterocycles. The molecule has 7 nitrogen and oxygen atoms in total. The van der Waals surface area contributed by atoms with Crippen LogP contribution in [0.3, 0.4) is 0 Å². The van der Waals surface area contributed by atoms with Gasteiger partial charge in [-0.15, -0.1) is 24.0 Å². The van der Waals surface area contributed by atoms with Crippen molar-refractivity contribution in [3.05, 3.63) is 24.3 Å². The number of benzene rings is 1. The number of hydrogen-bond donors (Lipinski definition) is 1. The third kappa shape index (κ3) is 7.18. The average molecular weight is 517 g/mol. The Kier molecular flexibility index (Phi) is 10.9. The fourth-order valence-electron chi connectivity index (χ4n) is 3.87. The minimum absolute atomic E-state index is 0. The first kappa shape index (κ1) is 24.0. The van der Waals surface area contributed by atoms with E-state index in [4.69, 9.17) is 9.47 Å². The Labute approximate surface area is 192 Å². The predicted molar refractivity (Wildman–Crippen MR) is 130 cm³/mol. The number of guanidine groups is 1. The molecule has 3 rings (SSSR count). The van der Waals surface area contributed by atoms with Crippen LogP contribution in [-0.4, -0.2) is 95.5 Å². The van der Waals surface area contributed by atoms with Crippen LogP contribution in [-0.2, 0) is 4.74 Å². The highest BCUT2D eigenvalue weighted by atomic mass is 127. The number of para-hydroxylation sites is 2. The van der Waals surface area contributed by atoms with Crippen molar-refractivity contribution in [3.63, 3.8) is 0 Å². The number of hydrogen-bond acceptors (Lipinski definition) is 5. The molecule has 2 heterocycles. The summed E-state index contributed by atoms with van der Waals surface area (Å²) in [6.07, 6.45) is 2.38. The maximum absolute atomic E-state index is 5.51. The molecular weight excluding hydrogens is 481 g/mol. The summed E-state index contributed by atoms with van der Waals surface area (Å²) in [6.45, 7) is 9.92. The number of unbranched alkanes of at least 4 members (excludes halogenated alkanes) is 1. The zero-order valence-corrected chi connectivity index (χ0v) is 20.1. The number of halogens is 1. The van der Waals surface area contributed by atoms with E-state index in [1.165, 1.54) is 18.7 Å². The zero-order chi connectivity index (χ0) is 19.6. The number of nitrogens with one attached hydrogen (secondary N) is 1. The second-order valence-electron chi connectivity index (χ2n) is 7.28. The summed E-state index contributed by atoms with van der Waals surface area (Å²) in [5.41, 5.74) is 1.18. The Morgan fingerprint density at radius 3 is 2.48 bits per heavy atom. The number of morpholine rings is 1. The van der Waals surface area contributed by atoms with Crippen LogP contribution in [0.4, 0.5) is 5.69 Å². The van der Waals surface area contributed by atoms with Crippen LogP contribution in [0.2, 0.25) is 0 Å². The highest BCUT2D eigenvalue weighted by Crippen LogP contribution is 2.28. The van der Waals surface area contributed by atoms with Crippen LogP contribution >= 0.6 is 24.0 Å². The second kappa shape index (κ2) is 13.1. The molecule has 0 radical (unpaired) electrons. The van der Waals surface area contributed by atoms with Crippen molar-refractivity contribution >= 4 is 35.6 Å². The summed E-state index contributed by atoms with van der Waals surface area (Å²) in [5, 5.41) is 3.54. The Hall–Kier alpha value is -1.26. The number of methoxy groups -OCH3 is 1. The van der Waals surface area contributed by atoms with Gasteiger partial charge in [-0.3, -0.25) is 9.89 Å². The molecule has 2 saturated heterocycles. The summed E-state index contributed by atoms with van der Waals surface area (Å²) >= 11 is 0. The number of anilines is 1. The number of aliphatic imine (C=N–C) groups is 1. The summed E-state index contributed by atoms with van der Waals surface area (Å²) < 4.78 is 10.9. The van der Waals surface area contributed by atoms with Gasteiger partial charge in [0.15, 0.2) is 5.96 Å². The van der Waals surface area contributed by atoms with Crippen molar-refractivity contribution in [1.82, 2.24) is 15.1 Å². The molecule has 0 saturated carbocycles. The van der Waals surface area contributed by atoms with Crippen LogP contribution in [0.25, 0.3) is 0 Å². The normalized spacial score (nSPS) is 18.3. The monoisotopic (exact) mass is 517 g/mol. The van der Waals surface area contributed by atoms with E-state index in [-0.39, 0.29) is 24.0 Å². The summed E-state index contributed by atoms with van der Waals surface area (Å²) in [4.78, 5) is 11.7. The first-order chi connectivity index (χ1) is 13.8. The van der Waals surface area contributed by atoms with Crippen molar-refractivity contribution in [2.45, 2.75) is 12.8 Å². The molecule has 0 bridgehead atoms.